The van der Waals surface area contributed by atoms with Crippen LogP contribution in [0.25, 0.3) is 0 Å². The monoisotopic (exact) mass is 220 g/mol. The van der Waals surface area contributed by atoms with E-state index < -0.39 is 0 Å². The Bertz CT molecular complexity index is 329. The lowest BCUT2D eigenvalue weighted by Gasteiger charge is -2.09. The minimum atomic E-state index is 0.391. The third-order valence-corrected chi connectivity index (χ3v) is 3.06. The molecule has 2 aliphatic carbocycles. The van der Waals surface area contributed by atoms with Crippen molar-refractivity contribution in [3.8, 4) is 0 Å². The quantitative estimate of drug-likeness (QED) is 0.485. The molecule has 2 fully saturated rings. The van der Waals surface area contributed by atoms with Gasteiger partial charge in [0.2, 0.25) is 0 Å². The maximum Gasteiger partial charge on any atom is 0.136 e. The molecule has 0 spiro atoms. The molecule has 0 aromatic heterocycles. The molecule has 2 rings (SSSR count). The zero-order chi connectivity index (χ0) is 11.5. The van der Waals surface area contributed by atoms with Crippen LogP contribution in [-0.2, 0) is 9.53 Å². The first-order chi connectivity index (χ1) is 7.68. The Kier molecular flexibility index (Phi) is 3.47. The highest BCUT2D eigenvalue weighted by molar-refractivity contribution is 5.83. The van der Waals surface area contributed by atoms with Crippen LogP contribution in [0.1, 0.15) is 45.4 Å². The first kappa shape index (κ1) is 11.4. The molecule has 0 aromatic rings. The standard InChI is InChI=1S/C14H20O2/c1-10(2)14(12-7-8-12)16-9-3-4-13(15)11-5-6-11/h11H,1,3-9H2,2H3. The molecule has 2 nitrogen and oxygen atoms in total. The van der Waals surface area contributed by atoms with E-state index in [0.29, 0.717) is 24.7 Å². The summed E-state index contributed by atoms with van der Waals surface area (Å²) in [5, 5.41) is 0. The Balaban J connectivity index is 1.65. The Hall–Kier alpha value is -1.05. The van der Waals surface area contributed by atoms with Crippen molar-refractivity contribution in [1.29, 1.82) is 0 Å². The van der Waals surface area contributed by atoms with Crippen molar-refractivity contribution in [3.05, 3.63) is 23.5 Å². The van der Waals surface area contributed by atoms with Gasteiger partial charge in [0.1, 0.15) is 11.5 Å². The van der Waals surface area contributed by atoms with Gasteiger partial charge in [-0.2, -0.15) is 0 Å². The van der Waals surface area contributed by atoms with E-state index in [4.69, 9.17) is 4.74 Å². The van der Waals surface area contributed by atoms with Crippen LogP contribution < -0.4 is 0 Å². The third kappa shape index (κ3) is 3.22. The first-order valence-electron chi connectivity index (χ1n) is 6.22. The minimum Gasteiger partial charge on any atom is -0.493 e. The van der Waals surface area contributed by atoms with Gasteiger partial charge in [-0.3, -0.25) is 4.79 Å². The lowest BCUT2D eigenvalue weighted by molar-refractivity contribution is -0.120. The van der Waals surface area contributed by atoms with Gasteiger partial charge in [-0.15, -0.1) is 0 Å². The Labute approximate surface area is 97.4 Å². The molecule has 0 radical (unpaired) electrons. The Morgan fingerprint density at radius 2 is 2.12 bits per heavy atom. The van der Waals surface area contributed by atoms with Gasteiger partial charge in [-0.05, 0) is 50.2 Å². The summed E-state index contributed by atoms with van der Waals surface area (Å²) in [5.74, 6) is 1.82. The normalized spacial score (nSPS) is 18.2. The molecule has 0 heterocycles. The van der Waals surface area contributed by atoms with Crippen molar-refractivity contribution < 1.29 is 9.53 Å². The van der Waals surface area contributed by atoms with E-state index in [2.05, 4.69) is 6.58 Å². The molecular formula is C14H20O2. The first-order valence-corrected chi connectivity index (χ1v) is 6.22. The van der Waals surface area contributed by atoms with Gasteiger partial charge in [0.25, 0.3) is 0 Å². The van der Waals surface area contributed by atoms with Crippen molar-refractivity contribution >= 4 is 5.78 Å². The zero-order valence-corrected chi connectivity index (χ0v) is 10.1. The van der Waals surface area contributed by atoms with Crippen LogP contribution in [0.4, 0.5) is 0 Å². The van der Waals surface area contributed by atoms with E-state index in [1.807, 2.05) is 6.92 Å². The number of hydrogen-bond acceptors (Lipinski definition) is 2. The summed E-state index contributed by atoms with van der Waals surface area (Å²) in [6.07, 6.45) is 6.07. The fraction of sp³-hybridized carbons (Fsp3) is 0.643. The molecule has 2 saturated carbocycles. The zero-order valence-electron chi connectivity index (χ0n) is 10.1. The van der Waals surface area contributed by atoms with Gasteiger partial charge in [-0.1, -0.05) is 6.58 Å². The van der Waals surface area contributed by atoms with Crippen LogP contribution in [0.15, 0.2) is 23.5 Å². The molecule has 16 heavy (non-hydrogen) atoms. The topological polar surface area (TPSA) is 26.3 Å². The largest absolute Gasteiger partial charge is 0.493 e. The maximum atomic E-state index is 11.4. The molecule has 2 aliphatic rings. The summed E-state index contributed by atoms with van der Waals surface area (Å²) >= 11 is 0. The molecule has 2 heteroatoms. The van der Waals surface area contributed by atoms with Crippen LogP contribution in [0.5, 0.6) is 0 Å². The molecule has 0 N–H and O–H groups in total. The van der Waals surface area contributed by atoms with Crippen LogP contribution in [-0.4, -0.2) is 12.4 Å². The molecule has 88 valence electrons. The number of ketones is 1. The summed E-state index contributed by atoms with van der Waals surface area (Å²) in [6.45, 7) is 6.56. The second kappa shape index (κ2) is 4.86. The van der Waals surface area contributed by atoms with E-state index >= 15 is 0 Å². The number of hydrogen-bond donors (Lipinski definition) is 0. The number of Topliss-reactive ketones (excluding diaryl/α,β-unsaturated/α-hetero) is 1. The molecule has 0 atom stereocenters. The molecule has 0 aliphatic heterocycles. The van der Waals surface area contributed by atoms with Gasteiger partial charge in [-0.25, -0.2) is 0 Å². The Morgan fingerprint density at radius 1 is 1.44 bits per heavy atom. The summed E-state index contributed by atoms with van der Waals surface area (Å²) in [6, 6.07) is 0. The average molecular weight is 220 g/mol. The number of rotatable bonds is 7. The Morgan fingerprint density at radius 3 is 2.62 bits per heavy atom. The second-order valence-corrected chi connectivity index (χ2v) is 4.91. The molecule has 0 saturated heterocycles. The predicted molar refractivity (Wildman–Crippen MR) is 64.0 cm³/mol. The fourth-order valence-electron chi connectivity index (χ4n) is 1.85. The molecular weight excluding hydrogens is 200 g/mol. The predicted octanol–water partition coefficient (Wildman–Crippen LogP) is 3.39. The van der Waals surface area contributed by atoms with Crippen LogP contribution in [0.2, 0.25) is 0 Å². The molecule has 0 bridgehead atoms. The lowest BCUT2D eigenvalue weighted by atomic mass is 10.1. The highest BCUT2D eigenvalue weighted by Gasteiger charge is 2.28. The van der Waals surface area contributed by atoms with E-state index in [0.717, 1.165) is 43.4 Å². The molecule has 0 unspecified atom stereocenters. The maximum absolute atomic E-state index is 11.4. The second-order valence-electron chi connectivity index (χ2n) is 4.91. The highest BCUT2D eigenvalue weighted by Crippen LogP contribution is 2.35. The number of carbonyl (C=O) groups is 1. The van der Waals surface area contributed by atoms with Gasteiger partial charge >= 0.3 is 0 Å². The fourth-order valence-corrected chi connectivity index (χ4v) is 1.85. The van der Waals surface area contributed by atoms with E-state index in [9.17, 15) is 4.79 Å². The van der Waals surface area contributed by atoms with Crippen molar-refractivity contribution in [2.75, 3.05) is 6.61 Å². The van der Waals surface area contributed by atoms with Crippen molar-refractivity contribution in [2.24, 2.45) is 5.92 Å². The smallest absolute Gasteiger partial charge is 0.136 e. The van der Waals surface area contributed by atoms with Crippen LogP contribution >= 0.6 is 0 Å². The van der Waals surface area contributed by atoms with Crippen LogP contribution in [0.3, 0.4) is 0 Å². The third-order valence-electron chi connectivity index (χ3n) is 3.06. The molecule has 0 aromatic carbocycles. The van der Waals surface area contributed by atoms with Gasteiger partial charge < -0.3 is 4.74 Å². The van der Waals surface area contributed by atoms with Crippen molar-refractivity contribution in [3.63, 3.8) is 0 Å². The SMILES string of the molecule is C=C(C)C(OCCCC(=O)C1CC1)=C1CC1. The van der Waals surface area contributed by atoms with E-state index in [1.54, 1.807) is 0 Å². The van der Waals surface area contributed by atoms with E-state index in [1.165, 1.54) is 5.57 Å². The van der Waals surface area contributed by atoms with Gasteiger partial charge in [0.05, 0.1) is 6.61 Å². The van der Waals surface area contributed by atoms with Crippen molar-refractivity contribution in [2.45, 2.75) is 45.4 Å². The molecule has 0 amide bonds. The number of ether oxygens (including phenoxy) is 1. The summed E-state index contributed by atoms with van der Waals surface area (Å²) in [4.78, 5) is 11.4. The lowest BCUT2D eigenvalue weighted by Crippen LogP contribution is -2.03. The van der Waals surface area contributed by atoms with Gasteiger partial charge in [0, 0.05) is 12.3 Å². The summed E-state index contributed by atoms with van der Waals surface area (Å²) < 4.78 is 5.71. The number of carbonyl (C=O) groups excluding carboxylic acids is 1. The van der Waals surface area contributed by atoms with E-state index in [-0.39, 0.29) is 0 Å². The van der Waals surface area contributed by atoms with Gasteiger partial charge in [0.15, 0.2) is 0 Å². The summed E-state index contributed by atoms with van der Waals surface area (Å²) in [5.41, 5.74) is 2.40. The summed E-state index contributed by atoms with van der Waals surface area (Å²) in [7, 11) is 0. The number of allylic oxidation sites excluding steroid dienone is 2. The van der Waals surface area contributed by atoms with Crippen molar-refractivity contribution in [1.82, 2.24) is 0 Å². The highest BCUT2D eigenvalue weighted by atomic mass is 16.5. The minimum absolute atomic E-state index is 0.391. The van der Waals surface area contributed by atoms with Crippen LogP contribution in [0, 0.1) is 5.92 Å². The average Bonchev–Trinajstić information content (AvgIpc) is 3.08.